The maximum Gasteiger partial charge on any atom is 0.223 e. The SMILES string of the molecule is CC(CCCN)C(=O)NC1CCCCCC1C. The Bertz CT molecular complexity index is 230. The molecule has 0 aromatic rings. The average molecular weight is 240 g/mol. The van der Waals surface area contributed by atoms with E-state index in [4.69, 9.17) is 5.73 Å². The van der Waals surface area contributed by atoms with Crippen LogP contribution in [-0.4, -0.2) is 18.5 Å². The summed E-state index contributed by atoms with van der Waals surface area (Å²) in [6.07, 6.45) is 8.14. The highest BCUT2D eigenvalue weighted by Crippen LogP contribution is 2.23. The fraction of sp³-hybridized carbons (Fsp3) is 0.929. The van der Waals surface area contributed by atoms with Crippen molar-refractivity contribution in [3.05, 3.63) is 0 Å². The van der Waals surface area contributed by atoms with E-state index in [9.17, 15) is 4.79 Å². The van der Waals surface area contributed by atoms with Gasteiger partial charge in [0.15, 0.2) is 0 Å². The van der Waals surface area contributed by atoms with Gasteiger partial charge in [-0.25, -0.2) is 0 Å². The summed E-state index contributed by atoms with van der Waals surface area (Å²) < 4.78 is 0. The molecule has 0 aromatic carbocycles. The van der Waals surface area contributed by atoms with Gasteiger partial charge >= 0.3 is 0 Å². The van der Waals surface area contributed by atoms with Crippen molar-refractivity contribution >= 4 is 5.91 Å². The first-order valence-corrected chi connectivity index (χ1v) is 7.15. The first-order chi connectivity index (χ1) is 8.15. The van der Waals surface area contributed by atoms with Gasteiger partial charge in [-0.1, -0.05) is 33.1 Å². The Morgan fingerprint density at radius 2 is 2.06 bits per heavy atom. The normalized spacial score (nSPS) is 27.2. The molecular formula is C14H28N2O. The van der Waals surface area contributed by atoms with Crippen LogP contribution in [0.3, 0.4) is 0 Å². The van der Waals surface area contributed by atoms with Crippen molar-refractivity contribution < 1.29 is 4.79 Å². The van der Waals surface area contributed by atoms with Gasteiger partial charge in [0.05, 0.1) is 0 Å². The van der Waals surface area contributed by atoms with Crippen molar-refractivity contribution in [3.8, 4) is 0 Å². The Morgan fingerprint density at radius 1 is 1.35 bits per heavy atom. The number of carbonyl (C=O) groups is 1. The Labute approximate surface area is 106 Å². The minimum Gasteiger partial charge on any atom is -0.353 e. The molecule has 0 bridgehead atoms. The van der Waals surface area contributed by atoms with E-state index in [-0.39, 0.29) is 11.8 Å². The minimum atomic E-state index is 0.106. The second-order valence-corrected chi connectivity index (χ2v) is 5.56. The van der Waals surface area contributed by atoms with Gasteiger partial charge < -0.3 is 11.1 Å². The van der Waals surface area contributed by atoms with E-state index < -0.39 is 0 Å². The molecule has 0 spiro atoms. The average Bonchev–Trinajstić information content (AvgIpc) is 2.52. The summed E-state index contributed by atoms with van der Waals surface area (Å²) in [6, 6.07) is 0.394. The van der Waals surface area contributed by atoms with Crippen LogP contribution in [0.4, 0.5) is 0 Å². The molecule has 3 unspecified atom stereocenters. The van der Waals surface area contributed by atoms with E-state index in [1.54, 1.807) is 0 Å². The molecule has 1 aliphatic rings. The molecule has 3 N–H and O–H groups in total. The first-order valence-electron chi connectivity index (χ1n) is 7.15. The zero-order valence-corrected chi connectivity index (χ0v) is 11.4. The van der Waals surface area contributed by atoms with Crippen LogP contribution in [0.1, 0.15) is 58.8 Å². The largest absolute Gasteiger partial charge is 0.353 e. The van der Waals surface area contributed by atoms with Crippen LogP contribution in [-0.2, 0) is 4.79 Å². The third-order valence-electron chi connectivity index (χ3n) is 3.98. The van der Waals surface area contributed by atoms with Gasteiger partial charge in [0.1, 0.15) is 0 Å². The zero-order valence-electron chi connectivity index (χ0n) is 11.4. The van der Waals surface area contributed by atoms with Gasteiger partial charge in [0.2, 0.25) is 5.91 Å². The second-order valence-electron chi connectivity index (χ2n) is 5.56. The third-order valence-corrected chi connectivity index (χ3v) is 3.98. The topological polar surface area (TPSA) is 55.1 Å². The summed E-state index contributed by atoms with van der Waals surface area (Å²) in [6.45, 7) is 4.95. The molecule has 1 saturated carbocycles. The van der Waals surface area contributed by atoms with Crippen molar-refractivity contribution in [2.75, 3.05) is 6.54 Å². The van der Waals surface area contributed by atoms with Crippen molar-refractivity contribution in [2.24, 2.45) is 17.6 Å². The highest BCUT2D eigenvalue weighted by molar-refractivity contribution is 5.78. The monoisotopic (exact) mass is 240 g/mol. The lowest BCUT2D eigenvalue weighted by Crippen LogP contribution is -2.41. The van der Waals surface area contributed by atoms with Gasteiger partial charge in [-0.3, -0.25) is 4.79 Å². The summed E-state index contributed by atoms with van der Waals surface area (Å²) >= 11 is 0. The third kappa shape index (κ3) is 5.07. The van der Waals surface area contributed by atoms with E-state index in [1.165, 1.54) is 25.7 Å². The van der Waals surface area contributed by atoms with Gasteiger partial charge in [-0.05, 0) is 38.1 Å². The summed E-state index contributed by atoms with van der Waals surface area (Å²) in [4.78, 5) is 12.0. The van der Waals surface area contributed by atoms with Crippen molar-refractivity contribution in [1.29, 1.82) is 0 Å². The molecule has 3 atom stereocenters. The summed E-state index contributed by atoms with van der Waals surface area (Å²) in [5.41, 5.74) is 5.47. The first kappa shape index (κ1) is 14.5. The quantitative estimate of drug-likeness (QED) is 0.725. The highest BCUT2D eigenvalue weighted by Gasteiger charge is 2.23. The molecule has 1 amide bonds. The van der Waals surface area contributed by atoms with Gasteiger partial charge in [-0.15, -0.1) is 0 Å². The van der Waals surface area contributed by atoms with Crippen molar-refractivity contribution in [1.82, 2.24) is 5.32 Å². The lowest BCUT2D eigenvalue weighted by atomic mass is 9.95. The molecule has 0 heterocycles. The number of hydrogen-bond acceptors (Lipinski definition) is 2. The van der Waals surface area contributed by atoms with E-state index in [0.717, 1.165) is 19.3 Å². The van der Waals surface area contributed by atoms with Crippen molar-refractivity contribution in [2.45, 2.75) is 64.8 Å². The summed E-state index contributed by atoms with van der Waals surface area (Å²) in [5.74, 6) is 0.953. The molecule has 0 saturated heterocycles. The Morgan fingerprint density at radius 3 is 2.76 bits per heavy atom. The Kier molecular flexibility index (Phi) is 6.56. The number of hydrogen-bond donors (Lipinski definition) is 2. The molecule has 100 valence electrons. The van der Waals surface area contributed by atoms with Crippen LogP contribution in [0.25, 0.3) is 0 Å². The number of nitrogens with one attached hydrogen (secondary N) is 1. The smallest absolute Gasteiger partial charge is 0.223 e. The predicted octanol–water partition coefficient (Wildman–Crippen LogP) is 2.45. The Balaban J connectivity index is 2.37. The van der Waals surface area contributed by atoms with E-state index in [1.807, 2.05) is 6.92 Å². The van der Waals surface area contributed by atoms with E-state index in [0.29, 0.717) is 18.5 Å². The molecule has 3 heteroatoms. The Hall–Kier alpha value is -0.570. The number of nitrogens with two attached hydrogens (primary N) is 1. The molecule has 1 fully saturated rings. The van der Waals surface area contributed by atoms with Gasteiger partial charge in [0, 0.05) is 12.0 Å². The molecule has 0 aliphatic heterocycles. The highest BCUT2D eigenvalue weighted by atomic mass is 16.1. The fourth-order valence-electron chi connectivity index (χ4n) is 2.59. The number of amides is 1. The predicted molar refractivity (Wildman–Crippen MR) is 71.6 cm³/mol. The second kappa shape index (κ2) is 7.70. The minimum absolute atomic E-state index is 0.106. The van der Waals surface area contributed by atoms with Crippen LogP contribution in [0.5, 0.6) is 0 Å². The summed E-state index contributed by atoms with van der Waals surface area (Å²) in [5, 5.41) is 3.24. The summed E-state index contributed by atoms with van der Waals surface area (Å²) in [7, 11) is 0. The molecule has 0 radical (unpaired) electrons. The molecule has 17 heavy (non-hydrogen) atoms. The molecule has 1 aliphatic carbocycles. The lowest BCUT2D eigenvalue weighted by Gasteiger charge is -2.24. The van der Waals surface area contributed by atoms with E-state index >= 15 is 0 Å². The van der Waals surface area contributed by atoms with Crippen molar-refractivity contribution in [3.63, 3.8) is 0 Å². The van der Waals surface area contributed by atoms with Crippen LogP contribution in [0.2, 0.25) is 0 Å². The number of carbonyl (C=O) groups excluding carboxylic acids is 1. The van der Waals surface area contributed by atoms with Crippen LogP contribution >= 0.6 is 0 Å². The van der Waals surface area contributed by atoms with E-state index in [2.05, 4.69) is 12.2 Å². The van der Waals surface area contributed by atoms with Gasteiger partial charge in [0.25, 0.3) is 0 Å². The maximum absolute atomic E-state index is 12.0. The molecule has 3 nitrogen and oxygen atoms in total. The molecule has 1 rings (SSSR count). The standard InChI is InChI=1S/C14H28N2O/c1-11-7-4-3-5-9-13(11)16-14(17)12(2)8-6-10-15/h11-13H,3-10,15H2,1-2H3,(H,16,17). The molecular weight excluding hydrogens is 212 g/mol. The van der Waals surface area contributed by atoms with Gasteiger partial charge in [-0.2, -0.15) is 0 Å². The lowest BCUT2D eigenvalue weighted by molar-refractivity contribution is -0.125. The maximum atomic E-state index is 12.0. The molecule has 0 aromatic heterocycles. The fourth-order valence-corrected chi connectivity index (χ4v) is 2.59. The van der Waals surface area contributed by atoms with Crippen LogP contribution in [0, 0.1) is 11.8 Å². The zero-order chi connectivity index (χ0) is 12.7. The van der Waals surface area contributed by atoms with Crippen LogP contribution < -0.4 is 11.1 Å². The van der Waals surface area contributed by atoms with Crippen LogP contribution in [0.15, 0.2) is 0 Å². The number of rotatable bonds is 5.